The molecule has 8 nitrogen and oxygen atoms in total. The van der Waals surface area contributed by atoms with Crippen LogP contribution < -0.4 is 10.6 Å². The minimum atomic E-state index is -0.491. The van der Waals surface area contributed by atoms with Crippen molar-refractivity contribution in [1.29, 1.82) is 0 Å². The Morgan fingerprint density at radius 2 is 2.33 bits per heavy atom. The van der Waals surface area contributed by atoms with Crippen LogP contribution in [0.4, 0.5) is 0 Å². The second-order valence-corrected chi connectivity index (χ2v) is 3.11. The summed E-state index contributed by atoms with van der Waals surface area (Å²) < 4.78 is 6.09. The Balaban J connectivity index is 0.00000289. The highest BCUT2D eigenvalue weighted by molar-refractivity contribution is 14.0. The molecular formula is C9H17IN6O2. The van der Waals surface area contributed by atoms with E-state index in [0.717, 1.165) is 0 Å². The van der Waals surface area contributed by atoms with Crippen LogP contribution in [0.1, 0.15) is 10.5 Å². The van der Waals surface area contributed by atoms with Crippen LogP contribution >= 0.6 is 24.0 Å². The van der Waals surface area contributed by atoms with E-state index in [1.165, 1.54) is 13.3 Å². The zero-order valence-corrected chi connectivity index (χ0v) is 12.8. The number of nitrogens with one attached hydrogen (secondary N) is 2. The first-order valence-electron chi connectivity index (χ1n) is 5.08. The van der Waals surface area contributed by atoms with Gasteiger partial charge in [0.05, 0.1) is 19.9 Å². The number of hydrogen-bond donors (Lipinski definition) is 2. The molecule has 1 aromatic heterocycles. The van der Waals surface area contributed by atoms with Gasteiger partial charge in [-0.1, -0.05) is 5.21 Å². The SMILES string of the molecule is CN=C(NC)NCCn1cc(C(=O)OC)nn1.I. The summed E-state index contributed by atoms with van der Waals surface area (Å²) in [6, 6.07) is 0. The quantitative estimate of drug-likeness (QED) is 0.322. The highest BCUT2D eigenvalue weighted by atomic mass is 127. The molecule has 0 atom stereocenters. The zero-order chi connectivity index (χ0) is 12.7. The third-order valence-electron chi connectivity index (χ3n) is 2.03. The van der Waals surface area contributed by atoms with E-state index < -0.39 is 5.97 Å². The highest BCUT2D eigenvalue weighted by Crippen LogP contribution is 1.94. The molecule has 9 heteroatoms. The molecule has 0 aliphatic rings. The van der Waals surface area contributed by atoms with Gasteiger partial charge in [0.15, 0.2) is 11.7 Å². The topological polar surface area (TPSA) is 93.4 Å². The van der Waals surface area contributed by atoms with E-state index in [4.69, 9.17) is 0 Å². The van der Waals surface area contributed by atoms with Crippen LogP contribution in [0.5, 0.6) is 0 Å². The van der Waals surface area contributed by atoms with Crippen molar-refractivity contribution in [2.75, 3.05) is 27.7 Å². The van der Waals surface area contributed by atoms with E-state index in [0.29, 0.717) is 19.0 Å². The number of ether oxygens (including phenoxy) is 1. The van der Waals surface area contributed by atoms with Gasteiger partial charge in [-0.05, 0) is 0 Å². The van der Waals surface area contributed by atoms with E-state index in [9.17, 15) is 4.79 Å². The van der Waals surface area contributed by atoms with Gasteiger partial charge in [-0.3, -0.25) is 4.99 Å². The smallest absolute Gasteiger partial charge is 0.360 e. The normalized spacial score (nSPS) is 10.5. The van der Waals surface area contributed by atoms with Gasteiger partial charge in [0.1, 0.15) is 0 Å². The van der Waals surface area contributed by atoms with Gasteiger partial charge in [-0.15, -0.1) is 29.1 Å². The summed E-state index contributed by atoms with van der Waals surface area (Å²) in [5, 5.41) is 13.4. The lowest BCUT2D eigenvalue weighted by molar-refractivity contribution is 0.0594. The Morgan fingerprint density at radius 3 is 2.89 bits per heavy atom. The molecule has 0 saturated heterocycles. The molecule has 0 spiro atoms. The largest absolute Gasteiger partial charge is 0.464 e. The number of hydrogen-bond acceptors (Lipinski definition) is 5. The minimum Gasteiger partial charge on any atom is -0.464 e. The number of methoxy groups -OCH3 is 1. The molecule has 0 aliphatic carbocycles. The minimum absolute atomic E-state index is 0. The molecule has 2 N–H and O–H groups in total. The second kappa shape index (κ2) is 8.66. The lowest BCUT2D eigenvalue weighted by Gasteiger charge is -2.07. The van der Waals surface area contributed by atoms with E-state index in [1.807, 2.05) is 0 Å². The summed E-state index contributed by atoms with van der Waals surface area (Å²) in [4.78, 5) is 15.1. The number of esters is 1. The molecule has 0 fully saturated rings. The molecule has 102 valence electrons. The number of rotatable bonds is 4. The summed E-state index contributed by atoms with van der Waals surface area (Å²) in [5.74, 6) is 0.202. The van der Waals surface area contributed by atoms with Crippen molar-refractivity contribution in [3.05, 3.63) is 11.9 Å². The number of aromatic nitrogens is 3. The summed E-state index contributed by atoms with van der Waals surface area (Å²) in [6.45, 7) is 1.20. The van der Waals surface area contributed by atoms with E-state index >= 15 is 0 Å². The summed E-state index contributed by atoms with van der Waals surface area (Å²) in [5.41, 5.74) is 0.200. The van der Waals surface area contributed by atoms with Crippen LogP contribution in [0.25, 0.3) is 0 Å². The maximum Gasteiger partial charge on any atom is 0.360 e. The molecule has 0 unspecified atom stereocenters. The molecule has 0 aromatic carbocycles. The molecule has 0 radical (unpaired) electrons. The first-order chi connectivity index (χ1) is 8.21. The first-order valence-corrected chi connectivity index (χ1v) is 5.08. The van der Waals surface area contributed by atoms with Crippen LogP contribution in [0.2, 0.25) is 0 Å². The summed E-state index contributed by atoms with van der Waals surface area (Å²) >= 11 is 0. The third kappa shape index (κ3) is 4.85. The van der Waals surface area contributed by atoms with Crippen molar-refractivity contribution >= 4 is 35.9 Å². The Bertz CT molecular complexity index is 406. The maximum atomic E-state index is 11.1. The molecule has 0 saturated carbocycles. The summed E-state index contributed by atoms with van der Waals surface area (Å²) in [7, 11) is 4.77. The van der Waals surface area contributed by atoms with Crippen molar-refractivity contribution < 1.29 is 9.53 Å². The highest BCUT2D eigenvalue weighted by Gasteiger charge is 2.09. The molecule has 0 aliphatic heterocycles. The Morgan fingerprint density at radius 1 is 1.61 bits per heavy atom. The van der Waals surface area contributed by atoms with Gasteiger partial charge >= 0.3 is 5.97 Å². The molecule has 18 heavy (non-hydrogen) atoms. The Hall–Kier alpha value is -1.39. The number of halogens is 1. The monoisotopic (exact) mass is 368 g/mol. The average molecular weight is 368 g/mol. The molecule has 1 rings (SSSR count). The fourth-order valence-electron chi connectivity index (χ4n) is 1.17. The standard InChI is InChI=1S/C9H16N6O2.HI/c1-10-9(11-2)12-4-5-15-6-7(13-14-15)8(16)17-3;/h6H,4-5H2,1-3H3,(H2,10,11,12);1H. The third-order valence-corrected chi connectivity index (χ3v) is 2.03. The molecule has 0 amide bonds. The first kappa shape index (κ1) is 16.6. The molecular weight excluding hydrogens is 351 g/mol. The molecule has 1 heterocycles. The number of carbonyl (C=O) groups is 1. The number of carbonyl (C=O) groups excluding carboxylic acids is 1. The Kier molecular flexibility index (Phi) is 8.00. The molecule has 1 aromatic rings. The van der Waals surface area contributed by atoms with Gasteiger partial charge in [-0.2, -0.15) is 0 Å². The van der Waals surface area contributed by atoms with E-state index in [-0.39, 0.29) is 29.7 Å². The summed E-state index contributed by atoms with van der Waals surface area (Å²) in [6.07, 6.45) is 1.54. The van der Waals surface area contributed by atoms with Gasteiger partial charge < -0.3 is 15.4 Å². The van der Waals surface area contributed by atoms with Gasteiger partial charge in [0.25, 0.3) is 0 Å². The zero-order valence-electron chi connectivity index (χ0n) is 10.5. The van der Waals surface area contributed by atoms with Crippen molar-refractivity contribution in [1.82, 2.24) is 25.6 Å². The lowest BCUT2D eigenvalue weighted by atomic mass is 10.5. The predicted molar refractivity (Wildman–Crippen MR) is 77.2 cm³/mol. The van der Waals surface area contributed by atoms with Crippen LogP contribution in [-0.4, -0.2) is 54.7 Å². The predicted octanol–water partition coefficient (Wildman–Crippen LogP) is -0.523. The van der Waals surface area contributed by atoms with Gasteiger partial charge in [0, 0.05) is 20.6 Å². The number of nitrogens with zero attached hydrogens (tertiary/aromatic N) is 4. The number of aliphatic imine (C=N–C) groups is 1. The van der Waals surface area contributed by atoms with Crippen LogP contribution in [0.3, 0.4) is 0 Å². The maximum absolute atomic E-state index is 11.1. The van der Waals surface area contributed by atoms with E-state index in [2.05, 4.69) is 30.7 Å². The van der Waals surface area contributed by atoms with Gasteiger partial charge in [-0.25, -0.2) is 9.48 Å². The van der Waals surface area contributed by atoms with E-state index in [1.54, 1.807) is 18.8 Å². The lowest BCUT2D eigenvalue weighted by Crippen LogP contribution is -2.36. The molecule has 0 bridgehead atoms. The number of guanidine groups is 1. The van der Waals surface area contributed by atoms with Crippen LogP contribution in [0.15, 0.2) is 11.2 Å². The van der Waals surface area contributed by atoms with Crippen LogP contribution in [0, 0.1) is 0 Å². The van der Waals surface area contributed by atoms with Crippen molar-refractivity contribution in [3.8, 4) is 0 Å². The van der Waals surface area contributed by atoms with Crippen molar-refractivity contribution in [3.63, 3.8) is 0 Å². The van der Waals surface area contributed by atoms with Crippen LogP contribution in [-0.2, 0) is 11.3 Å². The fraction of sp³-hybridized carbons (Fsp3) is 0.556. The average Bonchev–Trinajstić information content (AvgIpc) is 2.82. The van der Waals surface area contributed by atoms with Crippen molar-refractivity contribution in [2.45, 2.75) is 6.54 Å². The van der Waals surface area contributed by atoms with Gasteiger partial charge in [0.2, 0.25) is 0 Å². The fourth-order valence-corrected chi connectivity index (χ4v) is 1.17. The van der Waals surface area contributed by atoms with Crippen molar-refractivity contribution in [2.24, 2.45) is 4.99 Å². The second-order valence-electron chi connectivity index (χ2n) is 3.11. The Labute approximate surface area is 122 Å².